The number of Topliss-reactive ketones (excluding diaryl/α,β-unsaturated/α-hetero) is 1. The first-order valence-electron chi connectivity index (χ1n) is 10.3. The highest BCUT2D eigenvalue weighted by molar-refractivity contribution is 6.22. The minimum Gasteiger partial charge on any atom is -0.454 e. The summed E-state index contributed by atoms with van der Waals surface area (Å²) in [5, 5.41) is 0. The fourth-order valence-electron chi connectivity index (χ4n) is 3.80. The predicted octanol–water partition coefficient (Wildman–Crippen LogP) is 2.96. The van der Waals surface area contributed by atoms with Gasteiger partial charge >= 0.3 is 5.97 Å². The lowest BCUT2D eigenvalue weighted by atomic mass is 10.1. The Bertz CT molecular complexity index is 1100. The van der Waals surface area contributed by atoms with Crippen molar-refractivity contribution >= 4 is 23.6 Å². The molecule has 0 atom stereocenters. The molecule has 0 N–H and O–H groups in total. The van der Waals surface area contributed by atoms with Gasteiger partial charge < -0.3 is 14.0 Å². The van der Waals surface area contributed by atoms with Crippen molar-refractivity contribution in [3.05, 3.63) is 70.6 Å². The topological polar surface area (TPSA) is 94.9 Å². The lowest BCUT2D eigenvalue weighted by molar-refractivity contribution is 0.0474. The fraction of sp³-hybridized carbons (Fsp3) is 0.333. The minimum atomic E-state index is -0.738. The van der Waals surface area contributed by atoms with Crippen LogP contribution in [-0.2, 0) is 16.0 Å². The number of carbonyl (C=O) groups is 4. The SMILES string of the molecule is C=CCN1C(=O)c2ccc(C(=O)OCC(=O)c3cc(C)n(CCCOC)c3C)cc2C1=O. The van der Waals surface area contributed by atoms with Crippen molar-refractivity contribution in [3.8, 4) is 0 Å². The molecule has 0 fully saturated rings. The highest BCUT2D eigenvalue weighted by Crippen LogP contribution is 2.24. The number of aromatic nitrogens is 1. The van der Waals surface area contributed by atoms with Crippen LogP contribution < -0.4 is 0 Å². The molecule has 0 radical (unpaired) electrons. The summed E-state index contributed by atoms with van der Waals surface area (Å²) in [5.74, 6) is -1.97. The first-order valence-corrected chi connectivity index (χ1v) is 10.3. The van der Waals surface area contributed by atoms with Gasteiger partial charge in [-0.1, -0.05) is 6.08 Å². The Hall–Kier alpha value is -3.52. The summed E-state index contributed by atoms with van der Waals surface area (Å²) in [7, 11) is 1.64. The number of aryl methyl sites for hydroxylation is 1. The predicted molar refractivity (Wildman–Crippen MR) is 117 cm³/mol. The summed E-state index contributed by atoms with van der Waals surface area (Å²) < 4.78 is 12.3. The monoisotopic (exact) mass is 438 g/mol. The number of carbonyl (C=O) groups excluding carboxylic acids is 4. The number of benzene rings is 1. The number of methoxy groups -OCH3 is 1. The van der Waals surface area contributed by atoms with Crippen molar-refractivity contribution in [1.29, 1.82) is 0 Å². The van der Waals surface area contributed by atoms with E-state index in [1.807, 2.05) is 18.4 Å². The summed E-state index contributed by atoms with van der Waals surface area (Å²) in [4.78, 5) is 50.9. The van der Waals surface area contributed by atoms with Crippen molar-refractivity contribution in [2.45, 2.75) is 26.8 Å². The van der Waals surface area contributed by atoms with E-state index in [-0.39, 0.29) is 29.0 Å². The quantitative estimate of drug-likeness (QED) is 0.186. The Morgan fingerprint density at radius 2 is 1.81 bits per heavy atom. The third kappa shape index (κ3) is 4.40. The van der Waals surface area contributed by atoms with Gasteiger partial charge in [-0.05, 0) is 44.5 Å². The normalized spacial score (nSPS) is 12.8. The zero-order valence-electron chi connectivity index (χ0n) is 18.5. The van der Waals surface area contributed by atoms with Crippen molar-refractivity contribution in [2.75, 3.05) is 26.9 Å². The number of nitrogens with zero attached hydrogens (tertiary/aromatic N) is 2. The van der Waals surface area contributed by atoms with E-state index in [0.29, 0.717) is 12.2 Å². The molecule has 0 spiro atoms. The maximum Gasteiger partial charge on any atom is 0.338 e. The van der Waals surface area contributed by atoms with Crippen LogP contribution >= 0.6 is 0 Å². The highest BCUT2D eigenvalue weighted by atomic mass is 16.5. The van der Waals surface area contributed by atoms with E-state index >= 15 is 0 Å². The van der Waals surface area contributed by atoms with Crippen LogP contribution in [0.4, 0.5) is 0 Å². The number of fused-ring (bicyclic) bond motifs is 1. The second-order valence-corrected chi connectivity index (χ2v) is 7.55. The third-order valence-corrected chi connectivity index (χ3v) is 5.46. The van der Waals surface area contributed by atoms with Crippen LogP contribution in [0.5, 0.6) is 0 Å². The number of rotatable bonds is 10. The summed E-state index contributed by atoms with van der Waals surface area (Å²) in [5.41, 5.74) is 2.72. The molecule has 8 heteroatoms. The minimum absolute atomic E-state index is 0.0878. The van der Waals surface area contributed by atoms with Crippen LogP contribution in [0.1, 0.15) is 59.2 Å². The summed E-state index contributed by atoms with van der Waals surface area (Å²) >= 11 is 0. The van der Waals surface area contributed by atoms with E-state index in [0.717, 1.165) is 29.3 Å². The Kier molecular flexibility index (Phi) is 7.05. The Balaban J connectivity index is 1.68. The van der Waals surface area contributed by atoms with Crippen LogP contribution in [0.15, 0.2) is 36.9 Å². The molecule has 3 rings (SSSR count). The number of ether oxygens (including phenoxy) is 2. The molecule has 0 saturated carbocycles. The molecular weight excluding hydrogens is 412 g/mol. The van der Waals surface area contributed by atoms with Gasteiger partial charge in [-0.15, -0.1) is 6.58 Å². The molecule has 0 aliphatic carbocycles. The zero-order chi connectivity index (χ0) is 23.4. The second kappa shape index (κ2) is 9.74. The first-order chi connectivity index (χ1) is 15.3. The van der Waals surface area contributed by atoms with Gasteiger partial charge in [-0.3, -0.25) is 19.3 Å². The van der Waals surface area contributed by atoms with Crippen LogP contribution in [0, 0.1) is 13.8 Å². The summed E-state index contributed by atoms with van der Waals surface area (Å²) in [6, 6.07) is 5.94. The molecule has 0 saturated heterocycles. The van der Waals surface area contributed by atoms with Crippen molar-refractivity contribution in [2.24, 2.45) is 0 Å². The Labute approximate surface area is 186 Å². The van der Waals surface area contributed by atoms with Crippen molar-refractivity contribution < 1.29 is 28.7 Å². The molecule has 32 heavy (non-hydrogen) atoms. The highest BCUT2D eigenvalue weighted by Gasteiger charge is 2.35. The van der Waals surface area contributed by atoms with Crippen LogP contribution in [0.2, 0.25) is 0 Å². The molecular formula is C24H26N2O6. The number of hydrogen-bond donors (Lipinski definition) is 0. The van der Waals surface area contributed by atoms with E-state index in [2.05, 4.69) is 6.58 Å². The van der Waals surface area contributed by atoms with E-state index in [1.54, 1.807) is 13.2 Å². The average molecular weight is 438 g/mol. The second-order valence-electron chi connectivity index (χ2n) is 7.55. The van der Waals surface area contributed by atoms with E-state index in [4.69, 9.17) is 9.47 Å². The molecule has 2 aromatic rings. The largest absolute Gasteiger partial charge is 0.454 e. The fourth-order valence-corrected chi connectivity index (χ4v) is 3.80. The summed E-state index contributed by atoms with van der Waals surface area (Å²) in [6.45, 7) is 8.33. The standard InChI is InChI=1S/C24H26N2O6/c1-5-9-26-22(28)18-8-7-17(13-20(18)23(26)29)24(30)32-14-21(27)19-12-15(2)25(16(19)3)10-6-11-31-4/h5,7-8,12-13H,1,6,9-11,14H2,2-4H3. The number of esters is 1. The van der Waals surface area contributed by atoms with Crippen LogP contribution in [0.3, 0.4) is 0 Å². The molecule has 1 aliphatic rings. The average Bonchev–Trinajstić information content (AvgIpc) is 3.20. The van der Waals surface area contributed by atoms with Crippen LogP contribution in [-0.4, -0.2) is 59.9 Å². The number of hydrogen-bond acceptors (Lipinski definition) is 6. The molecule has 2 amide bonds. The molecule has 2 heterocycles. The smallest absolute Gasteiger partial charge is 0.338 e. The Morgan fingerprint density at radius 3 is 2.50 bits per heavy atom. The molecule has 8 nitrogen and oxygen atoms in total. The Morgan fingerprint density at radius 1 is 1.09 bits per heavy atom. The maximum absolute atomic E-state index is 12.7. The number of imide groups is 1. The first kappa shape index (κ1) is 23.1. The van der Waals surface area contributed by atoms with Gasteiger partial charge in [0, 0.05) is 43.8 Å². The summed E-state index contributed by atoms with van der Waals surface area (Å²) in [6.07, 6.45) is 2.27. The number of amides is 2. The zero-order valence-corrected chi connectivity index (χ0v) is 18.5. The van der Waals surface area contributed by atoms with E-state index in [9.17, 15) is 19.2 Å². The molecule has 0 unspecified atom stereocenters. The maximum atomic E-state index is 12.7. The molecule has 0 bridgehead atoms. The van der Waals surface area contributed by atoms with Crippen molar-refractivity contribution in [1.82, 2.24) is 9.47 Å². The van der Waals surface area contributed by atoms with Gasteiger partial charge in [0.1, 0.15) is 0 Å². The van der Waals surface area contributed by atoms with Crippen LogP contribution in [0.25, 0.3) is 0 Å². The lowest BCUT2D eigenvalue weighted by Gasteiger charge is -2.09. The molecule has 1 aromatic carbocycles. The van der Waals surface area contributed by atoms with Gasteiger partial charge in [0.05, 0.1) is 16.7 Å². The molecule has 168 valence electrons. The molecule has 1 aliphatic heterocycles. The van der Waals surface area contributed by atoms with Gasteiger partial charge in [0.2, 0.25) is 5.78 Å². The van der Waals surface area contributed by atoms with E-state index in [1.165, 1.54) is 24.3 Å². The van der Waals surface area contributed by atoms with Gasteiger partial charge in [0.15, 0.2) is 6.61 Å². The lowest BCUT2D eigenvalue weighted by Crippen LogP contribution is -2.29. The third-order valence-electron chi connectivity index (χ3n) is 5.46. The van der Waals surface area contributed by atoms with E-state index < -0.39 is 24.4 Å². The van der Waals surface area contributed by atoms with Gasteiger partial charge in [0.25, 0.3) is 11.8 Å². The number of ketones is 1. The van der Waals surface area contributed by atoms with Gasteiger partial charge in [-0.25, -0.2) is 4.79 Å². The molecule has 1 aromatic heterocycles. The van der Waals surface area contributed by atoms with Gasteiger partial charge in [-0.2, -0.15) is 0 Å². The van der Waals surface area contributed by atoms with Crippen molar-refractivity contribution in [3.63, 3.8) is 0 Å².